The first kappa shape index (κ1) is 23.1. The number of carbonyl (C=O) groups is 1. The van der Waals surface area contributed by atoms with Gasteiger partial charge in [0, 0.05) is 13.2 Å². The molecule has 0 radical (unpaired) electrons. The molecule has 0 saturated heterocycles. The quantitative estimate of drug-likeness (QED) is 0.164. The summed E-state index contributed by atoms with van der Waals surface area (Å²) in [5.41, 5.74) is 0. The van der Waals surface area contributed by atoms with Gasteiger partial charge in [-0.15, -0.1) is 13.2 Å². The predicted molar refractivity (Wildman–Crippen MR) is 102 cm³/mol. The summed E-state index contributed by atoms with van der Waals surface area (Å²) in [5.74, 6) is 0. The Morgan fingerprint density at radius 3 is 1.75 bits per heavy atom. The van der Waals surface area contributed by atoms with E-state index in [9.17, 15) is 4.79 Å². The van der Waals surface area contributed by atoms with Crippen LogP contribution >= 0.6 is 0 Å². The first-order chi connectivity index (χ1) is 11.8. The van der Waals surface area contributed by atoms with Crippen LogP contribution in [0.1, 0.15) is 77.0 Å². The molecule has 0 spiro atoms. The van der Waals surface area contributed by atoms with Gasteiger partial charge in [0.25, 0.3) is 0 Å². The lowest BCUT2D eigenvalue weighted by atomic mass is 10.1. The van der Waals surface area contributed by atoms with E-state index in [4.69, 9.17) is 9.47 Å². The lowest BCUT2D eigenvalue weighted by Crippen LogP contribution is -2.22. The van der Waals surface area contributed by atoms with E-state index in [1.165, 1.54) is 44.9 Å². The van der Waals surface area contributed by atoms with Gasteiger partial charge in [-0.05, 0) is 38.5 Å². The molecule has 0 aliphatic heterocycles. The van der Waals surface area contributed by atoms with Gasteiger partial charge in [0.2, 0.25) is 0 Å². The molecule has 0 N–H and O–H groups in total. The molecule has 0 amide bonds. The third-order valence-corrected chi connectivity index (χ3v) is 4.02. The van der Waals surface area contributed by atoms with Gasteiger partial charge in [-0.2, -0.15) is 0 Å². The Hall–Kier alpha value is -0.930. The fraction of sp³-hybridized carbons (Fsp3) is 0.762. The zero-order chi connectivity index (χ0) is 17.7. The van der Waals surface area contributed by atoms with E-state index in [1.54, 1.807) is 0 Å². The Balaban J connectivity index is 3.32. The van der Waals surface area contributed by atoms with Crippen LogP contribution in [0.2, 0.25) is 0 Å². The molecule has 0 aromatic heterocycles. The summed E-state index contributed by atoms with van der Waals surface area (Å²) in [7, 11) is 0. The van der Waals surface area contributed by atoms with Crippen LogP contribution in [0, 0.1) is 0 Å². The smallest absolute Gasteiger partial charge is 0.151 e. The molecular weight excluding hydrogens is 300 g/mol. The van der Waals surface area contributed by atoms with Gasteiger partial charge in [0.15, 0.2) is 6.29 Å². The molecule has 0 aliphatic carbocycles. The van der Waals surface area contributed by atoms with Gasteiger partial charge in [-0.25, -0.2) is 0 Å². The fourth-order valence-corrected chi connectivity index (χ4v) is 2.51. The van der Waals surface area contributed by atoms with E-state index in [1.807, 2.05) is 12.2 Å². The molecule has 0 fully saturated rings. The van der Waals surface area contributed by atoms with E-state index < -0.39 is 6.10 Å². The number of unbranched alkanes of at least 4 members (excludes halogenated alkanes) is 10. The van der Waals surface area contributed by atoms with Crippen LogP contribution in [0.5, 0.6) is 0 Å². The number of hydrogen-bond acceptors (Lipinski definition) is 3. The number of carbonyl (C=O) groups excluding carboxylic acids is 1. The molecule has 1 atom stereocenters. The van der Waals surface area contributed by atoms with Crippen LogP contribution in [0.4, 0.5) is 0 Å². The summed E-state index contributed by atoms with van der Waals surface area (Å²) in [6.07, 6.45) is 18.5. The fourth-order valence-electron chi connectivity index (χ4n) is 2.51. The summed E-state index contributed by atoms with van der Waals surface area (Å²) in [5, 5.41) is 0. The second-order valence-corrected chi connectivity index (χ2v) is 6.31. The first-order valence-electron chi connectivity index (χ1n) is 9.71. The van der Waals surface area contributed by atoms with Crippen molar-refractivity contribution >= 4 is 6.29 Å². The minimum atomic E-state index is -0.404. The summed E-state index contributed by atoms with van der Waals surface area (Å²) in [6.45, 7) is 9.21. The van der Waals surface area contributed by atoms with Gasteiger partial charge in [-0.3, -0.25) is 0 Å². The Morgan fingerprint density at radius 2 is 1.21 bits per heavy atom. The van der Waals surface area contributed by atoms with Crippen molar-refractivity contribution < 1.29 is 14.3 Å². The van der Waals surface area contributed by atoms with Crippen molar-refractivity contribution in [2.75, 3.05) is 19.8 Å². The highest BCUT2D eigenvalue weighted by atomic mass is 16.5. The predicted octanol–water partition coefficient (Wildman–Crippen LogP) is 5.64. The Bertz CT molecular complexity index is 289. The molecule has 3 nitrogen and oxygen atoms in total. The van der Waals surface area contributed by atoms with Crippen molar-refractivity contribution in [3.63, 3.8) is 0 Å². The van der Waals surface area contributed by atoms with Crippen LogP contribution < -0.4 is 0 Å². The Morgan fingerprint density at radius 1 is 0.708 bits per heavy atom. The highest BCUT2D eigenvalue weighted by Gasteiger charge is 2.07. The van der Waals surface area contributed by atoms with Gasteiger partial charge >= 0.3 is 0 Å². The van der Waals surface area contributed by atoms with E-state index in [0.29, 0.717) is 13.2 Å². The highest BCUT2D eigenvalue weighted by Crippen LogP contribution is 2.07. The molecule has 0 rings (SSSR count). The Labute approximate surface area is 149 Å². The van der Waals surface area contributed by atoms with Crippen LogP contribution in [0.25, 0.3) is 0 Å². The molecule has 0 aliphatic rings. The van der Waals surface area contributed by atoms with E-state index in [-0.39, 0.29) is 0 Å². The topological polar surface area (TPSA) is 35.5 Å². The molecule has 0 aromatic rings. The molecule has 0 heterocycles. The number of allylic oxidation sites excluding steroid dienone is 2. The third kappa shape index (κ3) is 17.4. The van der Waals surface area contributed by atoms with Crippen molar-refractivity contribution in [3.8, 4) is 0 Å². The minimum absolute atomic E-state index is 0.388. The van der Waals surface area contributed by atoms with Crippen LogP contribution in [-0.2, 0) is 14.3 Å². The van der Waals surface area contributed by atoms with Crippen molar-refractivity contribution in [2.45, 2.75) is 83.2 Å². The lowest BCUT2D eigenvalue weighted by molar-refractivity contribution is -0.122. The van der Waals surface area contributed by atoms with Gasteiger partial charge in [0.1, 0.15) is 6.10 Å². The summed E-state index contributed by atoms with van der Waals surface area (Å²) in [6, 6.07) is 0. The van der Waals surface area contributed by atoms with Crippen LogP contribution in [0.3, 0.4) is 0 Å². The molecule has 24 heavy (non-hydrogen) atoms. The van der Waals surface area contributed by atoms with Crippen molar-refractivity contribution in [3.05, 3.63) is 25.3 Å². The third-order valence-electron chi connectivity index (χ3n) is 4.02. The largest absolute Gasteiger partial charge is 0.378 e. The standard InChI is InChI=1S/C21H38O3/c1-3-5-7-9-11-13-15-17-23-20-21(19-22)24-18-16-14-12-10-8-6-4-2/h3-4,19,21H,1-2,5-18,20H2. The van der Waals surface area contributed by atoms with E-state index >= 15 is 0 Å². The number of aldehydes is 1. The van der Waals surface area contributed by atoms with Crippen molar-refractivity contribution in [2.24, 2.45) is 0 Å². The zero-order valence-electron chi connectivity index (χ0n) is 15.6. The van der Waals surface area contributed by atoms with E-state index in [2.05, 4.69) is 13.2 Å². The van der Waals surface area contributed by atoms with Crippen molar-refractivity contribution in [1.29, 1.82) is 0 Å². The minimum Gasteiger partial charge on any atom is -0.378 e. The molecule has 0 bridgehead atoms. The molecule has 140 valence electrons. The monoisotopic (exact) mass is 338 g/mol. The molecule has 0 aromatic carbocycles. The van der Waals surface area contributed by atoms with Gasteiger partial charge in [0.05, 0.1) is 6.61 Å². The molecule has 1 unspecified atom stereocenters. The van der Waals surface area contributed by atoms with Crippen LogP contribution in [0.15, 0.2) is 25.3 Å². The summed E-state index contributed by atoms with van der Waals surface area (Å²) >= 11 is 0. The number of ether oxygens (including phenoxy) is 2. The summed E-state index contributed by atoms with van der Waals surface area (Å²) in [4.78, 5) is 11.0. The average molecular weight is 339 g/mol. The first-order valence-corrected chi connectivity index (χ1v) is 9.71. The SMILES string of the molecule is C=CCCCCCCCOCC(C=O)OCCCCCCCC=C. The normalized spacial score (nSPS) is 12.0. The Kier molecular flexibility index (Phi) is 19.3. The molecule has 0 saturated carbocycles. The van der Waals surface area contributed by atoms with Gasteiger partial charge < -0.3 is 14.3 Å². The maximum Gasteiger partial charge on any atom is 0.151 e. The summed E-state index contributed by atoms with van der Waals surface area (Å²) < 4.78 is 11.1. The maximum atomic E-state index is 11.0. The van der Waals surface area contributed by atoms with E-state index in [0.717, 1.165) is 45.0 Å². The molecular formula is C21H38O3. The number of rotatable bonds is 20. The maximum absolute atomic E-state index is 11.0. The second kappa shape index (κ2) is 20.1. The van der Waals surface area contributed by atoms with Crippen molar-refractivity contribution in [1.82, 2.24) is 0 Å². The van der Waals surface area contributed by atoms with Gasteiger partial charge in [-0.1, -0.05) is 50.7 Å². The van der Waals surface area contributed by atoms with Crippen LogP contribution in [-0.4, -0.2) is 32.2 Å². The number of hydrogen-bond donors (Lipinski definition) is 0. The average Bonchev–Trinajstić information content (AvgIpc) is 2.60. The molecule has 3 heteroatoms. The second-order valence-electron chi connectivity index (χ2n) is 6.31. The lowest BCUT2D eigenvalue weighted by Gasteiger charge is -2.12. The highest BCUT2D eigenvalue weighted by molar-refractivity contribution is 5.56. The zero-order valence-corrected chi connectivity index (χ0v) is 15.6.